The maximum atomic E-state index is 12.1. The zero-order chi connectivity index (χ0) is 15.1. The molecule has 0 radical (unpaired) electrons. The highest BCUT2D eigenvalue weighted by Gasteiger charge is 2.29. The van der Waals surface area contributed by atoms with E-state index in [0.717, 1.165) is 10.9 Å². The first-order chi connectivity index (χ1) is 10.0. The minimum Gasteiger partial charge on any atom is -0.507 e. The summed E-state index contributed by atoms with van der Waals surface area (Å²) in [7, 11) is 3.01. The van der Waals surface area contributed by atoms with Crippen LogP contribution in [0.25, 0.3) is 10.8 Å². The molecule has 1 aliphatic heterocycles. The van der Waals surface area contributed by atoms with Gasteiger partial charge in [0.05, 0.1) is 19.6 Å². The van der Waals surface area contributed by atoms with Crippen LogP contribution in [0.15, 0.2) is 18.2 Å². The van der Waals surface area contributed by atoms with Crippen molar-refractivity contribution in [2.45, 2.75) is 19.4 Å². The Hall–Kier alpha value is -2.43. The van der Waals surface area contributed by atoms with Crippen molar-refractivity contribution in [2.24, 2.45) is 0 Å². The molecule has 110 valence electrons. The highest BCUT2D eigenvalue weighted by atomic mass is 16.5. The molecule has 0 saturated carbocycles. The number of aromatic hydroxyl groups is 1. The summed E-state index contributed by atoms with van der Waals surface area (Å²) in [4.78, 5) is 12.1. The lowest BCUT2D eigenvalue weighted by Crippen LogP contribution is -2.25. The molecule has 0 fully saturated rings. The molecule has 5 nitrogen and oxygen atoms in total. The molecule has 1 unspecified atom stereocenters. The molecule has 1 atom stereocenters. The van der Waals surface area contributed by atoms with E-state index in [1.54, 1.807) is 0 Å². The third-order valence-corrected chi connectivity index (χ3v) is 3.69. The van der Waals surface area contributed by atoms with Crippen LogP contribution in [0, 0.1) is 0 Å². The third-order valence-electron chi connectivity index (χ3n) is 3.69. The number of methoxy groups -OCH3 is 2. The van der Waals surface area contributed by atoms with E-state index in [4.69, 9.17) is 14.2 Å². The normalized spacial score (nSPS) is 17.3. The molecular weight excluding hydrogens is 272 g/mol. The minimum atomic E-state index is -0.419. The Bertz CT molecular complexity index is 735. The molecule has 2 aromatic rings. The molecule has 0 saturated heterocycles. The van der Waals surface area contributed by atoms with Gasteiger partial charge in [0.15, 0.2) is 0 Å². The Morgan fingerprint density at radius 1 is 1.24 bits per heavy atom. The van der Waals surface area contributed by atoms with Crippen LogP contribution < -0.4 is 9.47 Å². The number of ether oxygens (including phenoxy) is 3. The predicted molar refractivity (Wildman–Crippen MR) is 77.3 cm³/mol. The van der Waals surface area contributed by atoms with E-state index >= 15 is 0 Å². The van der Waals surface area contributed by atoms with Gasteiger partial charge in [0.2, 0.25) is 0 Å². The predicted octanol–water partition coefficient (Wildman–Crippen LogP) is 2.66. The Balaban J connectivity index is 2.38. The summed E-state index contributed by atoms with van der Waals surface area (Å²) >= 11 is 0. The van der Waals surface area contributed by atoms with Gasteiger partial charge in [-0.3, -0.25) is 0 Å². The van der Waals surface area contributed by atoms with E-state index in [1.165, 1.54) is 20.3 Å². The van der Waals surface area contributed by atoms with E-state index in [9.17, 15) is 9.90 Å². The van der Waals surface area contributed by atoms with Gasteiger partial charge in [-0.15, -0.1) is 0 Å². The molecule has 3 rings (SSSR count). The lowest BCUT2D eigenvalue weighted by molar-refractivity contribution is 0.0297. The number of rotatable bonds is 2. The minimum absolute atomic E-state index is 0.00965. The Morgan fingerprint density at radius 2 is 2.00 bits per heavy atom. The summed E-state index contributed by atoms with van der Waals surface area (Å²) in [5.41, 5.74) is 1.25. The summed E-state index contributed by atoms with van der Waals surface area (Å²) in [6, 6.07) is 5.18. The van der Waals surface area contributed by atoms with Gasteiger partial charge in [-0.1, -0.05) is 0 Å². The average molecular weight is 288 g/mol. The largest absolute Gasteiger partial charge is 0.507 e. The van der Waals surface area contributed by atoms with Gasteiger partial charge >= 0.3 is 5.97 Å². The number of esters is 1. The number of fused-ring (bicyclic) bond motifs is 2. The molecule has 1 aliphatic rings. The molecule has 0 aliphatic carbocycles. The molecular formula is C16H16O5. The molecule has 1 N–H and O–H groups in total. The number of carbonyl (C=O) groups is 1. The number of phenols is 1. The topological polar surface area (TPSA) is 65.0 Å². The lowest BCUT2D eigenvalue weighted by Gasteiger charge is -2.24. The number of carbonyl (C=O) groups excluding carboxylic acids is 1. The SMILES string of the molecule is COc1cc(O)c2c(OC)c3c(cc2c1)CC(C)OC3=O. The van der Waals surface area contributed by atoms with Crippen molar-refractivity contribution < 1.29 is 24.1 Å². The highest BCUT2D eigenvalue weighted by Crippen LogP contribution is 2.42. The second-order valence-electron chi connectivity index (χ2n) is 5.11. The molecule has 2 aromatic carbocycles. The molecule has 0 spiro atoms. The number of benzene rings is 2. The Kier molecular flexibility index (Phi) is 3.12. The zero-order valence-corrected chi connectivity index (χ0v) is 12.1. The summed E-state index contributed by atoms with van der Waals surface area (Å²) in [5, 5.41) is 11.5. The summed E-state index contributed by atoms with van der Waals surface area (Å²) in [6.07, 6.45) is 0.442. The van der Waals surface area contributed by atoms with Crippen molar-refractivity contribution in [3.8, 4) is 17.2 Å². The fourth-order valence-corrected chi connectivity index (χ4v) is 2.81. The maximum absolute atomic E-state index is 12.1. The van der Waals surface area contributed by atoms with Gasteiger partial charge in [0, 0.05) is 12.5 Å². The fraction of sp³-hybridized carbons (Fsp3) is 0.312. The second-order valence-corrected chi connectivity index (χ2v) is 5.11. The number of hydrogen-bond acceptors (Lipinski definition) is 5. The Labute approximate surface area is 122 Å². The number of cyclic esters (lactones) is 1. The first kappa shape index (κ1) is 13.5. The average Bonchev–Trinajstić information content (AvgIpc) is 2.44. The van der Waals surface area contributed by atoms with E-state index in [2.05, 4.69) is 0 Å². The number of hydrogen-bond donors (Lipinski definition) is 1. The van der Waals surface area contributed by atoms with Crippen molar-refractivity contribution in [2.75, 3.05) is 14.2 Å². The van der Waals surface area contributed by atoms with Gasteiger partial charge < -0.3 is 19.3 Å². The quantitative estimate of drug-likeness (QED) is 0.861. The molecule has 0 aromatic heterocycles. The first-order valence-corrected chi connectivity index (χ1v) is 6.66. The van der Waals surface area contributed by atoms with Crippen LogP contribution in [0.5, 0.6) is 17.2 Å². The molecule has 5 heteroatoms. The van der Waals surface area contributed by atoms with Crippen molar-refractivity contribution in [3.05, 3.63) is 29.3 Å². The maximum Gasteiger partial charge on any atom is 0.342 e. The molecule has 1 heterocycles. The molecule has 0 bridgehead atoms. The van der Waals surface area contributed by atoms with Crippen LogP contribution in [-0.4, -0.2) is 31.4 Å². The van der Waals surface area contributed by atoms with Gasteiger partial charge in [0.1, 0.15) is 28.9 Å². The van der Waals surface area contributed by atoms with Crippen molar-refractivity contribution in [1.82, 2.24) is 0 Å². The van der Waals surface area contributed by atoms with Crippen LogP contribution >= 0.6 is 0 Å². The fourth-order valence-electron chi connectivity index (χ4n) is 2.81. The van der Waals surface area contributed by atoms with Crippen LogP contribution in [0.3, 0.4) is 0 Å². The monoisotopic (exact) mass is 288 g/mol. The number of phenolic OH excluding ortho intramolecular Hbond substituents is 1. The van der Waals surface area contributed by atoms with Gasteiger partial charge in [-0.05, 0) is 30.0 Å². The standard InChI is InChI=1S/C16H16O5/c1-8-4-9-5-10-6-11(19-2)7-12(17)13(10)15(20-3)14(9)16(18)21-8/h5-8,17H,4H2,1-3H3. The lowest BCUT2D eigenvalue weighted by atomic mass is 9.93. The van der Waals surface area contributed by atoms with Crippen molar-refractivity contribution in [1.29, 1.82) is 0 Å². The molecule has 0 amide bonds. The zero-order valence-electron chi connectivity index (χ0n) is 12.1. The summed E-state index contributed by atoms with van der Waals surface area (Å²) < 4.78 is 15.8. The smallest absolute Gasteiger partial charge is 0.342 e. The van der Waals surface area contributed by atoms with Crippen molar-refractivity contribution >= 4 is 16.7 Å². The van der Waals surface area contributed by atoms with E-state index < -0.39 is 5.97 Å². The van der Waals surface area contributed by atoms with Crippen LogP contribution in [0.4, 0.5) is 0 Å². The van der Waals surface area contributed by atoms with E-state index in [1.807, 2.05) is 19.1 Å². The summed E-state index contributed by atoms with van der Waals surface area (Å²) in [5.74, 6) is 0.487. The Morgan fingerprint density at radius 3 is 2.67 bits per heavy atom. The summed E-state index contributed by atoms with van der Waals surface area (Å²) in [6.45, 7) is 1.85. The molecule has 21 heavy (non-hydrogen) atoms. The van der Waals surface area contributed by atoms with Crippen LogP contribution in [-0.2, 0) is 11.2 Å². The highest BCUT2D eigenvalue weighted by molar-refractivity contribution is 6.06. The van der Waals surface area contributed by atoms with Crippen LogP contribution in [0.2, 0.25) is 0 Å². The van der Waals surface area contributed by atoms with Gasteiger partial charge in [-0.2, -0.15) is 0 Å². The van der Waals surface area contributed by atoms with Gasteiger partial charge in [-0.25, -0.2) is 4.79 Å². The van der Waals surface area contributed by atoms with Crippen LogP contribution in [0.1, 0.15) is 22.8 Å². The van der Waals surface area contributed by atoms with E-state index in [0.29, 0.717) is 28.9 Å². The van der Waals surface area contributed by atoms with Gasteiger partial charge in [0.25, 0.3) is 0 Å². The third kappa shape index (κ3) is 2.05. The first-order valence-electron chi connectivity index (χ1n) is 6.66. The van der Waals surface area contributed by atoms with E-state index in [-0.39, 0.29) is 11.9 Å². The van der Waals surface area contributed by atoms with Crippen molar-refractivity contribution in [3.63, 3.8) is 0 Å². The second kappa shape index (κ2) is 4.84.